The average molecular weight is 366 g/mol. The van der Waals surface area contributed by atoms with Crippen LogP contribution in [0.25, 0.3) is 11.0 Å². The van der Waals surface area contributed by atoms with Crippen LogP contribution in [0.3, 0.4) is 0 Å². The highest BCUT2D eigenvalue weighted by Crippen LogP contribution is 2.13. The van der Waals surface area contributed by atoms with Gasteiger partial charge in [0.05, 0.1) is 11.0 Å². The monoisotopic (exact) mass is 366 g/mol. The topological polar surface area (TPSA) is 59.3 Å². The highest BCUT2D eigenvalue weighted by Gasteiger charge is 2.14. The second-order valence-corrected chi connectivity index (χ2v) is 6.88. The van der Waals surface area contributed by atoms with Crippen LogP contribution in [0.2, 0.25) is 0 Å². The third-order valence-electron chi connectivity index (χ3n) is 4.62. The number of hydrogen-bond acceptors (Lipinski definition) is 3. The van der Waals surface area contributed by atoms with Crippen LogP contribution in [0.4, 0.5) is 0 Å². The van der Waals surface area contributed by atoms with E-state index in [9.17, 15) is 9.59 Å². The Hall–Kier alpha value is -2.86. The molecule has 1 amide bonds. The highest BCUT2D eigenvalue weighted by molar-refractivity contribution is 5.81. The van der Waals surface area contributed by atoms with Crippen LogP contribution in [0.15, 0.2) is 53.3 Å². The SMILES string of the molecule is CCn1c(=O)n(CC(=O)NCc2ccccc2CN(C)C)c2ccccc21. The molecule has 1 heterocycles. The van der Waals surface area contributed by atoms with Crippen molar-refractivity contribution in [2.75, 3.05) is 14.1 Å². The van der Waals surface area contributed by atoms with Crippen molar-refractivity contribution < 1.29 is 4.79 Å². The fourth-order valence-electron chi connectivity index (χ4n) is 3.35. The van der Waals surface area contributed by atoms with Crippen molar-refractivity contribution in [3.05, 3.63) is 70.1 Å². The van der Waals surface area contributed by atoms with Crippen molar-refractivity contribution in [2.24, 2.45) is 0 Å². The first-order chi connectivity index (χ1) is 13.0. The summed E-state index contributed by atoms with van der Waals surface area (Å²) in [7, 11) is 4.04. The van der Waals surface area contributed by atoms with Crippen LogP contribution in [-0.2, 0) is 31.0 Å². The molecule has 0 saturated carbocycles. The second-order valence-electron chi connectivity index (χ2n) is 6.88. The molecule has 0 aliphatic heterocycles. The Morgan fingerprint density at radius 2 is 1.56 bits per heavy atom. The summed E-state index contributed by atoms with van der Waals surface area (Å²) in [6, 6.07) is 15.6. The number of nitrogens with zero attached hydrogens (tertiary/aromatic N) is 3. The molecule has 0 aliphatic rings. The summed E-state index contributed by atoms with van der Waals surface area (Å²) in [6.45, 7) is 3.79. The van der Waals surface area contributed by atoms with Crippen LogP contribution in [0.1, 0.15) is 18.1 Å². The van der Waals surface area contributed by atoms with E-state index in [0.29, 0.717) is 13.1 Å². The van der Waals surface area contributed by atoms with E-state index in [1.807, 2.05) is 63.5 Å². The van der Waals surface area contributed by atoms with Gasteiger partial charge in [0, 0.05) is 19.6 Å². The van der Waals surface area contributed by atoms with Gasteiger partial charge in [0.25, 0.3) is 0 Å². The minimum Gasteiger partial charge on any atom is -0.350 e. The van der Waals surface area contributed by atoms with Gasteiger partial charge in [-0.1, -0.05) is 36.4 Å². The number of para-hydroxylation sites is 2. The molecule has 27 heavy (non-hydrogen) atoms. The number of hydrogen-bond donors (Lipinski definition) is 1. The van der Waals surface area contributed by atoms with Crippen molar-refractivity contribution in [1.29, 1.82) is 0 Å². The number of aryl methyl sites for hydroxylation is 1. The normalized spacial score (nSPS) is 11.3. The van der Waals surface area contributed by atoms with E-state index in [1.165, 1.54) is 5.56 Å². The molecular formula is C21H26N4O2. The maximum Gasteiger partial charge on any atom is 0.329 e. The summed E-state index contributed by atoms with van der Waals surface area (Å²) < 4.78 is 3.23. The van der Waals surface area contributed by atoms with Gasteiger partial charge < -0.3 is 10.2 Å². The van der Waals surface area contributed by atoms with E-state index in [0.717, 1.165) is 23.1 Å². The Morgan fingerprint density at radius 3 is 2.19 bits per heavy atom. The van der Waals surface area contributed by atoms with Gasteiger partial charge in [0.2, 0.25) is 5.91 Å². The Labute approximate surface area is 159 Å². The molecule has 0 radical (unpaired) electrons. The van der Waals surface area contributed by atoms with E-state index >= 15 is 0 Å². The number of carbonyl (C=O) groups is 1. The zero-order valence-corrected chi connectivity index (χ0v) is 16.1. The minimum atomic E-state index is -0.171. The van der Waals surface area contributed by atoms with Gasteiger partial charge in [-0.3, -0.25) is 13.9 Å². The molecule has 2 aromatic carbocycles. The van der Waals surface area contributed by atoms with Gasteiger partial charge in [-0.05, 0) is 44.3 Å². The second kappa shape index (κ2) is 8.22. The number of imidazole rings is 1. The van der Waals surface area contributed by atoms with Gasteiger partial charge >= 0.3 is 5.69 Å². The molecule has 0 aliphatic carbocycles. The van der Waals surface area contributed by atoms with E-state index < -0.39 is 0 Å². The molecule has 6 nitrogen and oxygen atoms in total. The van der Waals surface area contributed by atoms with Crippen molar-refractivity contribution in [2.45, 2.75) is 33.1 Å². The molecule has 0 unspecified atom stereocenters. The van der Waals surface area contributed by atoms with E-state index in [4.69, 9.17) is 0 Å². The molecule has 1 aromatic heterocycles. The summed E-state index contributed by atoms with van der Waals surface area (Å²) in [6.07, 6.45) is 0. The maximum absolute atomic E-state index is 12.6. The fraction of sp³-hybridized carbons (Fsp3) is 0.333. The largest absolute Gasteiger partial charge is 0.350 e. The first kappa shape index (κ1) is 18.9. The number of aromatic nitrogens is 2. The molecule has 6 heteroatoms. The number of benzene rings is 2. The van der Waals surface area contributed by atoms with Gasteiger partial charge in [0.15, 0.2) is 0 Å². The quantitative estimate of drug-likeness (QED) is 0.697. The van der Waals surface area contributed by atoms with Crippen LogP contribution in [0, 0.1) is 0 Å². The lowest BCUT2D eigenvalue weighted by molar-refractivity contribution is -0.121. The van der Waals surface area contributed by atoms with Crippen molar-refractivity contribution >= 4 is 16.9 Å². The predicted octanol–water partition coefficient (Wildman–Crippen LogP) is 2.20. The predicted molar refractivity (Wildman–Crippen MR) is 108 cm³/mol. The third-order valence-corrected chi connectivity index (χ3v) is 4.62. The lowest BCUT2D eigenvalue weighted by Crippen LogP contribution is -2.33. The number of fused-ring (bicyclic) bond motifs is 1. The van der Waals surface area contributed by atoms with Crippen LogP contribution >= 0.6 is 0 Å². The smallest absolute Gasteiger partial charge is 0.329 e. The van der Waals surface area contributed by atoms with Gasteiger partial charge in [-0.2, -0.15) is 0 Å². The summed E-state index contributed by atoms with van der Waals surface area (Å²) in [5.41, 5.74) is 3.76. The standard InChI is InChI=1S/C21H26N4O2/c1-4-24-18-11-7-8-12-19(18)25(21(24)27)15-20(26)22-13-16-9-5-6-10-17(16)14-23(2)3/h5-12H,4,13-15H2,1-3H3,(H,22,26). The molecule has 0 bridgehead atoms. The first-order valence-electron chi connectivity index (χ1n) is 9.17. The Bertz CT molecular complexity index is 1000. The maximum atomic E-state index is 12.6. The van der Waals surface area contributed by atoms with Crippen LogP contribution in [0.5, 0.6) is 0 Å². The Balaban J connectivity index is 1.76. The molecule has 0 fully saturated rings. The van der Waals surface area contributed by atoms with E-state index in [2.05, 4.69) is 16.3 Å². The zero-order valence-electron chi connectivity index (χ0n) is 16.1. The molecule has 142 valence electrons. The number of rotatable bonds is 7. The average Bonchev–Trinajstić information content (AvgIpc) is 2.92. The van der Waals surface area contributed by atoms with Gasteiger partial charge in [-0.25, -0.2) is 4.79 Å². The van der Waals surface area contributed by atoms with Crippen molar-refractivity contribution in [3.8, 4) is 0 Å². The Morgan fingerprint density at radius 1 is 0.963 bits per heavy atom. The lowest BCUT2D eigenvalue weighted by atomic mass is 10.1. The zero-order chi connectivity index (χ0) is 19.4. The summed E-state index contributed by atoms with van der Waals surface area (Å²) in [5.74, 6) is -0.171. The summed E-state index contributed by atoms with van der Waals surface area (Å²) in [5, 5.41) is 2.95. The molecule has 3 aromatic rings. The Kier molecular flexibility index (Phi) is 5.76. The molecule has 0 saturated heterocycles. The summed E-state index contributed by atoms with van der Waals surface area (Å²) >= 11 is 0. The molecular weight excluding hydrogens is 340 g/mol. The van der Waals surface area contributed by atoms with Crippen LogP contribution in [-0.4, -0.2) is 34.0 Å². The third kappa shape index (κ3) is 4.11. The molecule has 0 spiro atoms. The van der Waals surface area contributed by atoms with E-state index in [-0.39, 0.29) is 18.1 Å². The minimum absolute atomic E-state index is 0.0161. The van der Waals surface area contributed by atoms with E-state index in [1.54, 1.807) is 9.13 Å². The number of amides is 1. The first-order valence-corrected chi connectivity index (χ1v) is 9.17. The fourth-order valence-corrected chi connectivity index (χ4v) is 3.35. The van der Waals surface area contributed by atoms with Crippen LogP contribution < -0.4 is 11.0 Å². The van der Waals surface area contributed by atoms with Crippen molar-refractivity contribution in [3.63, 3.8) is 0 Å². The molecule has 3 rings (SSSR count). The molecule has 1 N–H and O–H groups in total. The number of carbonyl (C=O) groups excluding carboxylic acids is 1. The van der Waals surface area contributed by atoms with Crippen molar-refractivity contribution in [1.82, 2.24) is 19.4 Å². The molecule has 0 atom stereocenters. The highest BCUT2D eigenvalue weighted by atomic mass is 16.2. The van der Waals surface area contributed by atoms with Gasteiger partial charge in [0.1, 0.15) is 6.54 Å². The summed E-state index contributed by atoms with van der Waals surface area (Å²) in [4.78, 5) is 27.3. The number of nitrogens with one attached hydrogen (secondary N) is 1. The lowest BCUT2D eigenvalue weighted by Gasteiger charge is -2.14. The van der Waals surface area contributed by atoms with Gasteiger partial charge in [-0.15, -0.1) is 0 Å².